The molecule has 12 nitrogen and oxygen atoms in total. The topological polar surface area (TPSA) is 143 Å². The van der Waals surface area contributed by atoms with Gasteiger partial charge >= 0.3 is 6.03 Å². The molecule has 3 amide bonds. The molecule has 1 aliphatic heterocycles. The van der Waals surface area contributed by atoms with Crippen LogP contribution < -0.4 is 29.9 Å². The van der Waals surface area contributed by atoms with Gasteiger partial charge in [0.25, 0.3) is 0 Å². The highest BCUT2D eigenvalue weighted by molar-refractivity contribution is 6.42. The van der Waals surface area contributed by atoms with Gasteiger partial charge in [-0.2, -0.15) is 4.98 Å². The molecule has 0 bridgehead atoms. The summed E-state index contributed by atoms with van der Waals surface area (Å²) < 4.78 is 10.6. The molecule has 0 fully saturated rings. The molecule has 194 valence electrons. The number of hydrogen-bond donors (Lipinski definition) is 2. The van der Waals surface area contributed by atoms with Crippen molar-refractivity contribution in [1.29, 1.82) is 0 Å². The molecule has 0 saturated carbocycles. The highest BCUT2D eigenvalue weighted by Gasteiger charge is 2.35. The highest BCUT2D eigenvalue weighted by atomic mass is 35.5. The van der Waals surface area contributed by atoms with Crippen molar-refractivity contribution in [2.45, 2.75) is 13.5 Å². The zero-order valence-electron chi connectivity index (χ0n) is 20.2. The first-order valence-corrected chi connectivity index (χ1v) is 11.2. The average Bonchev–Trinajstić information content (AvgIpc) is 2.89. The number of Topliss-reactive ketones (excluding diaryl/α,β-unsaturated/α-hetero) is 1. The lowest BCUT2D eigenvalue weighted by molar-refractivity contribution is -0.128. The van der Waals surface area contributed by atoms with Gasteiger partial charge in [0, 0.05) is 30.6 Å². The number of fused-ring (bicyclic) bond motifs is 1. The number of carbonyl (C=O) groups is 4. The maximum absolute atomic E-state index is 13.3. The zero-order valence-corrected chi connectivity index (χ0v) is 21.7. The SMILES string of the molecule is C=CC(=O)N/C(C(=O)C=O)=C(/C)Nc1ncc2c(n1)N(C)C(=O)N(c1c(Cl)c(OC)cc(OC)c1Cl)C2. The monoisotopic (exact) mass is 548 g/mol. The first-order chi connectivity index (χ1) is 17.6. The number of hydrogen-bond acceptors (Lipinski definition) is 9. The molecule has 37 heavy (non-hydrogen) atoms. The van der Waals surface area contributed by atoms with Crippen molar-refractivity contribution in [1.82, 2.24) is 15.3 Å². The number of nitrogens with zero attached hydrogens (tertiary/aromatic N) is 4. The Hall–Kier alpha value is -4.16. The van der Waals surface area contributed by atoms with Crippen molar-refractivity contribution in [3.05, 3.63) is 51.9 Å². The van der Waals surface area contributed by atoms with Gasteiger partial charge < -0.3 is 20.1 Å². The number of aromatic nitrogens is 2. The smallest absolute Gasteiger partial charge is 0.330 e. The Kier molecular flexibility index (Phi) is 8.35. The van der Waals surface area contributed by atoms with Crippen molar-refractivity contribution < 1.29 is 28.7 Å². The number of carbonyl (C=O) groups excluding carboxylic acids is 4. The van der Waals surface area contributed by atoms with Crippen LogP contribution in [-0.4, -0.2) is 55.2 Å². The van der Waals surface area contributed by atoms with Crippen molar-refractivity contribution in [2.75, 3.05) is 36.4 Å². The number of urea groups is 1. The van der Waals surface area contributed by atoms with Gasteiger partial charge in [-0.05, 0) is 13.0 Å². The number of allylic oxidation sites excluding steroid dienone is 2. The largest absolute Gasteiger partial charge is 0.495 e. The van der Waals surface area contributed by atoms with E-state index in [4.69, 9.17) is 32.7 Å². The lowest BCUT2D eigenvalue weighted by atomic mass is 10.2. The fourth-order valence-corrected chi connectivity index (χ4v) is 4.16. The van der Waals surface area contributed by atoms with Gasteiger partial charge in [0.15, 0.2) is 6.29 Å². The quantitative estimate of drug-likeness (QED) is 0.274. The predicted molar refractivity (Wildman–Crippen MR) is 137 cm³/mol. The number of halogens is 2. The zero-order chi connectivity index (χ0) is 27.4. The molecule has 0 radical (unpaired) electrons. The van der Waals surface area contributed by atoms with E-state index < -0.39 is 17.7 Å². The van der Waals surface area contributed by atoms with E-state index in [9.17, 15) is 19.2 Å². The van der Waals surface area contributed by atoms with E-state index in [1.807, 2.05) is 0 Å². The van der Waals surface area contributed by atoms with E-state index in [0.29, 0.717) is 5.56 Å². The molecule has 0 aliphatic carbocycles. The Morgan fingerprint density at radius 3 is 2.35 bits per heavy atom. The number of ketones is 1. The van der Waals surface area contributed by atoms with Crippen LogP contribution in [0.1, 0.15) is 12.5 Å². The number of rotatable bonds is 9. The minimum absolute atomic E-state index is 0.00696. The van der Waals surface area contributed by atoms with E-state index in [-0.39, 0.29) is 63.2 Å². The summed E-state index contributed by atoms with van der Waals surface area (Å²) in [5.74, 6) is -0.847. The van der Waals surface area contributed by atoms with Gasteiger partial charge in [0.1, 0.15) is 33.1 Å². The van der Waals surface area contributed by atoms with Crippen molar-refractivity contribution in [3.8, 4) is 11.5 Å². The van der Waals surface area contributed by atoms with Crippen LogP contribution in [0.3, 0.4) is 0 Å². The van der Waals surface area contributed by atoms with E-state index in [1.54, 1.807) is 0 Å². The first-order valence-electron chi connectivity index (χ1n) is 10.5. The molecule has 2 N–H and O–H groups in total. The summed E-state index contributed by atoms with van der Waals surface area (Å²) in [6, 6.07) is 1.01. The van der Waals surface area contributed by atoms with Gasteiger partial charge in [-0.15, -0.1) is 0 Å². The number of aldehydes is 1. The molecule has 2 heterocycles. The van der Waals surface area contributed by atoms with Gasteiger partial charge in [-0.25, -0.2) is 9.78 Å². The molecule has 0 spiro atoms. The molecule has 1 aromatic carbocycles. The molecule has 14 heteroatoms. The summed E-state index contributed by atoms with van der Waals surface area (Å²) in [6.45, 7) is 4.78. The molecule has 0 saturated heterocycles. The average molecular weight is 549 g/mol. The van der Waals surface area contributed by atoms with Gasteiger partial charge in [0.2, 0.25) is 17.6 Å². The molecular formula is C23H22Cl2N6O6. The third-order valence-electron chi connectivity index (χ3n) is 5.29. The minimum atomic E-state index is -0.969. The van der Waals surface area contributed by atoms with Gasteiger partial charge in [-0.1, -0.05) is 29.8 Å². The van der Waals surface area contributed by atoms with Crippen LogP contribution >= 0.6 is 23.2 Å². The van der Waals surface area contributed by atoms with Crippen LogP contribution in [0, 0.1) is 0 Å². The second kappa shape index (κ2) is 11.3. The van der Waals surface area contributed by atoms with Crippen molar-refractivity contribution in [2.24, 2.45) is 0 Å². The van der Waals surface area contributed by atoms with E-state index in [0.717, 1.165) is 6.08 Å². The highest BCUT2D eigenvalue weighted by Crippen LogP contribution is 2.47. The minimum Gasteiger partial charge on any atom is -0.495 e. The fraction of sp³-hybridized carbons (Fsp3) is 0.217. The molecule has 3 rings (SSSR count). The number of ether oxygens (including phenoxy) is 2. The Morgan fingerprint density at radius 2 is 1.81 bits per heavy atom. The van der Waals surface area contributed by atoms with Crippen LogP contribution in [0.5, 0.6) is 11.5 Å². The Balaban J connectivity index is 2.00. The number of nitrogens with one attached hydrogen (secondary N) is 2. The number of amides is 3. The summed E-state index contributed by atoms with van der Waals surface area (Å²) in [5.41, 5.74) is 0.541. The van der Waals surface area contributed by atoms with E-state index in [2.05, 4.69) is 27.2 Å². The predicted octanol–water partition coefficient (Wildman–Crippen LogP) is 3.09. The van der Waals surface area contributed by atoms with Crippen LogP contribution in [0.25, 0.3) is 0 Å². The van der Waals surface area contributed by atoms with Crippen LogP contribution in [0.4, 0.5) is 22.2 Å². The molecule has 0 unspecified atom stereocenters. The van der Waals surface area contributed by atoms with Gasteiger partial charge in [0.05, 0.1) is 26.5 Å². The lowest BCUT2D eigenvalue weighted by Gasteiger charge is -2.35. The number of anilines is 3. The fourth-order valence-electron chi connectivity index (χ4n) is 3.46. The maximum atomic E-state index is 13.3. The Labute approximate surface area is 221 Å². The second-order valence-corrected chi connectivity index (χ2v) is 8.28. The third kappa shape index (κ3) is 5.34. The number of methoxy groups -OCH3 is 2. The van der Waals surface area contributed by atoms with Gasteiger partial charge in [-0.3, -0.25) is 24.2 Å². The van der Waals surface area contributed by atoms with E-state index in [1.165, 1.54) is 50.3 Å². The lowest BCUT2D eigenvalue weighted by Crippen LogP contribution is -2.46. The molecule has 1 aliphatic rings. The maximum Gasteiger partial charge on any atom is 0.330 e. The first kappa shape index (κ1) is 27.4. The molecular weight excluding hydrogens is 527 g/mol. The third-order valence-corrected chi connectivity index (χ3v) is 6.02. The summed E-state index contributed by atoms with van der Waals surface area (Å²) in [4.78, 5) is 59.2. The molecule has 2 aromatic rings. The molecule has 0 atom stereocenters. The van der Waals surface area contributed by atoms with Crippen LogP contribution in [-0.2, 0) is 20.9 Å². The summed E-state index contributed by atoms with van der Waals surface area (Å²) in [7, 11) is 4.35. The second-order valence-electron chi connectivity index (χ2n) is 7.53. The van der Waals surface area contributed by atoms with Crippen LogP contribution in [0.15, 0.2) is 36.3 Å². The van der Waals surface area contributed by atoms with Crippen molar-refractivity contribution in [3.63, 3.8) is 0 Å². The summed E-state index contributed by atoms with van der Waals surface area (Å²) in [5, 5.41) is 5.28. The normalized spacial score (nSPS) is 13.3. The number of benzene rings is 1. The summed E-state index contributed by atoms with van der Waals surface area (Å²) in [6.07, 6.45) is 2.47. The Bertz CT molecular complexity index is 1320. The van der Waals surface area contributed by atoms with Crippen molar-refractivity contribution >= 4 is 64.7 Å². The Morgan fingerprint density at radius 1 is 1.19 bits per heavy atom. The van der Waals surface area contributed by atoms with Crippen LogP contribution in [0.2, 0.25) is 10.0 Å². The molecule has 1 aromatic heterocycles. The summed E-state index contributed by atoms with van der Waals surface area (Å²) >= 11 is 13.0. The van der Waals surface area contributed by atoms with E-state index >= 15 is 0 Å². The standard InChI is InChI=1S/C23H22Cl2N6O6/c1-6-16(34)28-19(13(33)10-32)11(2)27-22-26-8-12-9-31(23(35)30(3)21(12)29-22)20-17(24)14(36-4)7-15(37-5)18(20)25/h6-8,10H,1,9H2,2-5H3,(H,28,34)(H,26,27,29)/b19-11-.